The fraction of sp³-hybridized carbons (Fsp3) is 0.296. The van der Waals surface area contributed by atoms with Crippen molar-refractivity contribution in [1.82, 2.24) is 9.62 Å². The minimum atomic E-state index is -3.96. The Morgan fingerprint density at radius 3 is 2.12 bits per heavy atom. The van der Waals surface area contributed by atoms with Crippen LogP contribution < -0.4 is 5.32 Å². The van der Waals surface area contributed by atoms with E-state index in [4.69, 9.17) is 0 Å². The van der Waals surface area contributed by atoms with Crippen molar-refractivity contribution in [1.29, 1.82) is 0 Å². The van der Waals surface area contributed by atoms with Crippen molar-refractivity contribution in [3.63, 3.8) is 0 Å². The first-order valence-electron chi connectivity index (χ1n) is 11.2. The van der Waals surface area contributed by atoms with Gasteiger partial charge >= 0.3 is 0 Å². The van der Waals surface area contributed by atoms with Gasteiger partial charge < -0.3 is 5.32 Å². The molecule has 34 heavy (non-hydrogen) atoms. The van der Waals surface area contributed by atoms with E-state index in [0.29, 0.717) is 5.56 Å². The first kappa shape index (κ1) is 25.6. The Balaban J connectivity index is 1.85. The monoisotopic (exact) mass is 482 g/mol. The van der Waals surface area contributed by atoms with E-state index in [1.807, 2.05) is 34.6 Å². The number of nitrogens with zero attached hydrogens (tertiary/aromatic N) is 1. The molecule has 3 rings (SSSR count). The van der Waals surface area contributed by atoms with Crippen molar-refractivity contribution in [2.24, 2.45) is 0 Å². The Hall–Kier alpha value is -3.03. The molecule has 180 valence electrons. The van der Waals surface area contributed by atoms with Crippen molar-refractivity contribution in [2.75, 3.05) is 6.54 Å². The van der Waals surface area contributed by atoms with Crippen molar-refractivity contribution in [2.45, 2.75) is 52.1 Å². The third kappa shape index (κ3) is 6.10. The summed E-state index contributed by atoms with van der Waals surface area (Å²) in [6.45, 7) is 9.39. The Bertz CT molecular complexity index is 1270. The number of halogens is 1. The van der Waals surface area contributed by atoms with E-state index < -0.39 is 21.7 Å². The lowest BCUT2D eigenvalue weighted by atomic mass is 9.96. The Labute approximate surface area is 201 Å². The van der Waals surface area contributed by atoms with Crippen LogP contribution in [0.3, 0.4) is 0 Å². The van der Waals surface area contributed by atoms with Crippen molar-refractivity contribution in [3.05, 3.63) is 99.9 Å². The number of aryl methyl sites for hydroxylation is 4. The van der Waals surface area contributed by atoms with Crippen LogP contribution in [0.4, 0.5) is 4.39 Å². The summed E-state index contributed by atoms with van der Waals surface area (Å²) in [6.07, 6.45) is 0. The number of hydrogen-bond acceptors (Lipinski definition) is 3. The van der Waals surface area contributed by atoms with Gasteiger partial charge in [-0.2, -0.15) is 4.31 Å². The van der Waals surface area contributed by atoms with E-state index in [1.54, 1.807) is 12.1 Å². The molecule has 0 aliphatic heterocycles. The maximum Gasteiger partial charge on any atom is 0.243 e. The van der Waals surface area contributed by atoms with E-state index in [9.17, 15) is 17.6 Å². The second kappa shape index (κ2) is 10.5. The van der Waals surface area contributed by atoms with Gasteiger partial charge in [-0.15, -0.1) is 0 Å². The number of rotatable bonds is 8. The summed E-state index contributed by atoms with van der Waals surface area (Å²) in [6, 6.07) is 15.9. The molecule has 0 aliphatic rings. The number of sulfonamides is 1. The van der Waals surface area contributed by atoms with Crippen LogP contribution in [0, 0.1) is 33.5 Å². The van der Waals surface area contributed by atoms with E-state index in [2.05, 4.69) is 17.4 Å². The van der Waals surface area contributed by atoms with Gasteiger partial charge in [0.05, 0.1) is 17.5 Å². The molecule has 0 aromatic heterocycles. The maximum atomic E-state index is 13.4. The minimum absolute atomic E-state index is 0.0546. The summed E-state index contributed by atoms with van der Waals surface area (Å²) in [5.74, 6) is -0.824. The quantitative estimate of drug-likeness (QED) is 0.484. The number of carbonyl (C=O) groups excluding carboxylic acids is 1. The van der Waals surface area contributed by atoms with Crippen LogP contribution in [-0.2, 0) is 21.4 Å². The maximum absolute atomic E-state index is 13.4. The lowest BCUT2D eigenvalue weighted by molar-refractivity contribution is -0.122. The molecule has 0 fully saturated rings. The summed E-state index contributed by atoms with van der Waals surface area (Å²) in [4.78, 5) is 13.1. The summed E-state index contributed by atoms with van der Waals surface area (Å²) >= 11 is 0. The molecule has 0 aliphatic carbocycles. The molecular weight excluding hydrogens is 451 g/mol. The molecule has 0 saturated heterocycles. The molecule has 0 saturated carbocycles. The highest BCUT2D eigenvalue weighted by molar-refractivity contribution is 7.89. The highest BCUT2D eigenvalue weighted by Crippen LogP contribution is 2.23. The van der Waals surface area contributed by atoms with Crippen LogP contribution in [0.15, 0.2) is 65.6 Å². The smallest absolute Gasteiger partial charge is 0.243 e. The summed E-state index contributed by atoms with van der Waals surface area (Å²) in [7, 11) is -3.96. The molecule has 0 heterocycles. The third-order valence-electron chi connectivity index (χ3n) is 5.98. The molecule has 5 nitrogen and oxygen atoms in total. The van der Waals surface area contributed by atoms with E-state index in [-0.39, 0.29) is 24.0 Å². The van der Waals surface area contributed by atoms with Gasteiger partial charge in [0, 0.05) is 6.54 Å². The Morgan fingerprint density at radius 1 is 0.912 bits per heavy atom. The molecule has 3 aromatic carbocycles. The van der Waals surface area contributed by atoms with Crippen LogP contribution in [0.1, 0.15) is 46.3 Å². The van der Waals surface area contributed by atoms with Gasteiger partial charge in [-0.05, 0) is 86.7 Å². The van der Waals surface area contributed by atoms with Gasteiger partial charge in [-0.3, -0.25) is 4.79 Å². The van der Waals surface area contributed by atoms with Gasteiger partial charge in [0.15, 0.2) is 0 Å². The molecule has 1 atom stereocenters. The second-order valence-corrected chi connectivity index (χ2v) is 10.7. The van der Waals surface area contributed by atoms with Gasteiger partial charge in [-0.25, -0.2) is 12.8 Å². The van der Waals surface area contributed by atoms with Crippen LogP contribution in [0.25, 0.3) is 0 Å². The van der Waals surface area contributed by atoms with Gasteiger partial charge in [0.1, 0.15) is 5.82 Å². The number of hydrogen-bond donors (Lipinski definition) is 1. The van der Waals surface area contributed by atoms with Crippen molar-refractivity contribution < 1.29 is 17.6 Å². The number of nitrogens with one attached hydrogen (secondary N) is 1. The van der Waals surface area contributed by atoms with Crippen LogP contribution >= 0.6 is 0 Å². The molecule has 7 heteroatoms. The average molecular weight is 483 g/mol. The standard InChI is InChI=1S/C27H31FN2O3S/c1-18-6-12-25(13-7-18)34(32,33)30(16-23-8-10-24(28)11-9-23)17-27(31)29-22(5)26-15-20(3)19(2)14-21(26)4/h6-15,22H,16-17H2,1-5H3,(H,29,31)/t22-/m0/s1. The fourth-order valence-corrected chi connectivity index (χ4v) is 5.24. The third-order valence-corrected chi connectivity index (χ3v) is 7.78. The molecule has 0 spiro atoms. The first-order chi connectivity index (χ1) is 16.0. The predicted molar refractivity (Wildman–Crippen MR) is 132 cm³/mol. The molecule has 0 bridgehead atoms. The Kier molecular flexibility index (Phi) is 7.89. The molecule has 1 N–H and O–H groups in total. The van der Waals surface area contributed by atoms with Crippen LogP contribution in [-0.4, -0.2) is 25.2 Å². The average Bonchev–Trinajstić information content (AvgIpc) is 2.77. The lowest BCUT2D eigenvalue weighted by Gasteiger charge is -2.24. The second-order valence-electron chi connectivity index (χ2n) is 8.79. The topological polar surface area (TPSA) is 66.5 Å². The molecule has 3 aromatic rings. The minimum Gasteiger partial charge on any atom is -0.348 e. The Morgan fingerprint density at radius 2 is 1.50 bits per heavy atom. The fourth-order valence-electron chi connectivity index (χ4n) is 3.85. The number of amides is 1. The molecular formula is C27H31FN2O3S. The zero-order chi connectivity index (χ0) is 25.0. The zero-order valence-corrected chi connectivity index (χ0v) is 21.0. The normalized spacial score (nSPS) is 12.6. The van der Waals surface area contributed by atoms with Crippen molar-refractivity contribution in [3.8, 4) is 0 Å². The highest BCUT2D eigenvalue weighted by atomic mass is 32.2. The van der Waals surface area contributed by atoms with Gasteiger partial charge in [0.2, 0.25) is 15.9 Å². The van der Waals surface area contributed by atoms with Gasteiger partial charge in [0.25, 0.3) is 0 Å². The van der Waals surface area contributed by atoms with E-state index in [0.717, 1.165) is 26.6 Å². The SMILES string of the molecule is Cc1ccc(S(=O)(=O)N(CC(=O)N[C@@H](C)c2cc(C)c(C)cc2C)Cc2ccc(F)cc2)cc1. The molecule has 1 amide bonds. The van der Waals surface area contributed by atoms with Crippen molar-refractivity contribution >= 4 is 15.9 Å². The summed E-state index contributed by atoms with van der Waals surface area (Å²) < 4.78 is 41.3. The lowest BCUT2D eigenvalue weighted by Crippen LogP contribution is -2.41. The largest absolute Gasteiger partial charge is 0.348 e. The van der Waals surface area contributed by atoms with Gasteiger partial charge in [-0.1, -0.05) is 42.0 Å². The zero-order valence-electron chi connectivity index (χ0n) is 20.2. The number of carbonyl (C=O) groups is 1. The molecule has 0 unspecified atom stereocenters. The van der Waals surface area contributed by atoms with E-state index >= 15 is 0 Å². The summed E-state index contributed by atoms with van der Waals surface area (Å²) in [5.41, 5.74) is 5.87. The predicted octanol–water partition coefficient (Wildman–Crippen LogP) is 5.13. The summed E-state index contributed by atoms with van der Waals surface area (Å²) in [5, 5.41) is 2.94. The van der Waals surface area contributed by atoms with Crippen LogP contribution in [0.5, 0.6) is 0 Å². The van der Waals surface area contributed by atoms with E-state index in [1.165, 1.54) is 42.0 Å². The molecule has 0 radical (unpaired) electrons. The van der Waals surface area contributed by atoms with Crippen LogP contribution in [0.2, 0.25) is 0 Å². The highest BCUT2D eigenvalue weighted by Gasteiger charge is 2.27. The first-order valence-corrected chi connectivity index (χ1v) is 12.6. The number of benzene rings is 3.